The van der Waals surface area contributed by atoms with E-state index >= 15 is 0 Å². The zero-order valence-electron chi connectivity index (χ0n) is 11.6. The van der Waals surface area contributed by atoms with Gasteiger partial charge in [0.05, 0.1) is 5.69 Å². The van der Waals surface area contributed by atoms with Crippen LogP contribution in [0.4, 0.5) is 14.5 Å². The maximum Gasteiger partial charge on any atom is 0.387 e. The summed E-state index contributed by atoms with van der Waals surface area (Å²) >= 11 is 0. The monoisotopic (exact) mass is 299 g/mol. The van der Waals surface area contributed by atoms with E-state index in [1.807, 2.05) is 0 Å². The van der Waals surface area contributed by atoms with Gasteiger partial charge in [-0.25, -0.2) is 4.79 Å². The predicted molar refractivity (Wildman–Crippen MR) is 72.1 cm³/mol. The molecule has 1 N–H and O–H groups in total. The van der Waals surface area contributed by atoms with Gasteiger partial charge in [-0.05, 0) is 26.0 Å². The van der Waals surface area contributed by atoms with Crippen molar-refractivity contribution in [1.82, 2.24) is 0 Å². The molecule has 1 aromatic rings. The maximum atomic E-state index is 12.2. The van der Waals surface area contributed by atoms with Crippen molar-refractivity contribution in [2.24, 2.45) is 0 Å². The lowest BCUT2D eigenvalue weighted by Crippen LogP contribution is -2.21. The molecule has 0 aliphatic rings. The summed E-state index contributed by atoms with van der Waals surface area (Å²) in [6.07, 6.45) is 1.24. The SMILES string of the molecule is CC(C)=CC(=O)OCC(=O)Nc1ccccc1OC(F)F. The lowest BCUT2D eigenvalue weighted by atomic mass is 10.3. The van der Waals surface area contributed by atoms with Crippen LogP contribution in [0.1, 0.15) is 13.8 Å². The van der Waals surface area contributed by atoms with Gasteiger partial charge in [0.15, 0.2) is 6.61 Å². The third kappa shape index (κ3) is 6.51. The van der Waals surface area contributed by atoms with Gasteiger partial charge in [-0.2, -0.15) is 8.78 Å². The molecule has 7 heteroatoms. The first-order chi connectivity index (χ1) is 9.88. The number of hydrogen-bond donors (Lipinski definition) is 1. The van der Waals surface area contributed by atoms with E-state index in [4.69, 9.17) is 4.74 Å². The Morgan fingerprint density at radius 1 is 1.29 bits per heavy atom. The Kier molecular flexibility index (Phi) is 6.32. The standard InChI is InChI=1S/C14H15F2NO4/c1-9(2)7-13(19)20-8-12(18)17-10-5-3-4-6-11(10)21-14(15)16/h3-7,14H,8H2,1-2H3,(H,17,18). The Labute approximate surface area is 120 Å². The second-order valence-electron chi connectivity index (χ2n) is 4.25. The molecule has 5 nitrogen and oxygen atoms in total. The summed E-state index contributed by atoms with van der Waals surface area (Å²) in [5, 5.41) is 2.33. The van der Waals surface area contributed by atoms with E-state index in [9.17, 15) is 18.4 Å². The molecule has 0 aliphatic carbocycles. The van der Waals surface area contributed by atoms with Gasteiger partial charge in [0, 0.05) is 6.08 Å². The average molecular weight is 299 g/mol. The van der Waals surface area contributed by atoms with E-state index in [1.165, 1.54) is 24.3 Å². The molecule has 0 saturated heterocycles. The number of carbonyl (C=O) groups excluding carboxylic acids is 2. The second-order valence-corrected chi connectivity index (χ2v) is 4.25. The number of halogens is 2. The summed E-state index contributed by atoms with van der Waals surface area (Å²) in [6, 6.07) is 5.72. The molecule has 21 heavy (non-hydrogen) atoms. The number of alkyl halides is 2. The minimum Gasteiger partial charge on any atom is -0.452 e. The van der Waals surface area contributed by atoms with Crippen LogP contribution < -0.4 is 10.1 Å². The molecule has 0 aromatic heterocycles. The van der Waals surface area contributed by atoms with Crippen molar-refractivity contribution in [3.63, 3.8) is 0 Å². The van der Waals surface area contributed by atoms with Crippen molar-refractivity contribution in [2.45, 2.75) is 20.5 Å². The van der Waals surface area contributed by atoms with Crippen molar-refractivity contribution in [1.29, 1.82) is 0 Å². The third-order valence-electron chi connectivity index (χ3n) is 2.13. The Bertz CT molecular complexity index is 540. The van der Waals surface area contributed by atoms with Gasteiger partial charge in [0.2, 0.25) is 0 Å². The Balaban J connectivity index is 2.59. The Morgan fingerprint density at radius 3 is 2.57 bits per heavy atom. The molecule has 0 aliphatic heterocycles. The summed E-state index contributed by atoms with van der Waals surface area (Å²) in [5.74, 6) is -1.48. The number of esters is 1. The average Bonchev–Trinajstić information content (AvgIpc) is 2.37. The van der Waals surface area contributed by atoms with Gasteiger partial charge in [0.25, 0.3) is 5.91 Å². The largest absolute Gasteiger partial charge is 0.452 e. The molecule has 0 fully saturated rings. The molecular formula is C14H15F2NO4. The van der Waals surface area contributed by atoms with E-state index in [-0.39, 0.29) is 11.4 Å². The van der Waals surface area contributed by atoms with Crippen molar-refractivity contribution >= 4 is 17.6 Å². The molecule has 0 heterocycles. The Hall–Kier alpha value is -2.44. The van der Waals surface area contributed by atoms with E-state index in [0.29, 0.717) is 0 Å². The van der Waals surface area contributed by atoms with Crippen molar-refractivity contribution in [3.05, 3.63) is 35.9 Å². The number of carbonyl (C=O) groups is 2. The number of para-hydroxylation sites is 2. The summed E-state index contributed by atoms with van der Waals surface area (Å²) in [7, 11) is 0. The van der Waals surface area contributed by atoms with E-state index < -0.39 is 25.1 Å². The number of rotatable bonds is 6. The molecular weight excluding hydrogens is 284 g/mol. The molecule has 0 unspecified atom stereocenters. The highest BCUT2D eigenvalue weighted by Crippen LogP contribution is 2.25. The fourth-order valence-corrected chi connectivity index (χ4v) is 1.37. The minimum atomic E-state index is -3.00. The molecule has 0 atom stereocenters. The highest BCUT2D eigenvalue weighted by atomic mass is 19.3. The fraction of sp³-hybridized carbons (Fsp3) is 0.286. The van der Waals surface area contributed by atoms with Crippen LogP contribution in [0.5, 0.6) is 5.75 Å². The quantitative estimate of drug-likeness (QED) is 0.648. The molecule has 0 radical (unpaired) electrons. The normalized spacial score (nSPS) is 9.95. The van der Waals surface area contributed by atoms with Crippen molar-refractivity contribution in [2.75, 3.05) is 11.9 Å². The van der Waals surface area contributed by atoms with Crippen LogP contribution in [-0.4, -0.2) is 25.1 Å². The molecule has 114 valence electrons. The first-order valence-corrected chi connectivity index (χ1v) is 6.04. The summed E-state index contributed by atoms with van der Waals surface area (Å²) in [4.78, 5) is 22.8. The van der Waals surface area contributed by atoms with Crippen LogP contribution in [0.2, 0.25) is 0 Å². The molecule has 0 spiro atoms. The van der Waals surface area contributed by atoms with Crippen LogP contribution >= 0.6 is 0 Å². The van der Waals surface area contributed by atoms with E-state index in [1.54, 1.807) is 19.9 Å². The van der Waals surface area contributed by atoms with Crippen LogP contribution in [-0.2, 0) is 14.3 Å². The van der Waals surface area contributed by atoms with Crippen molar-refractivity contribution in [3.8, 4) is 5.75 Å². The molecule has 0 saturated carbocycles. The third-order valence-corrected chi connectivity index (χ3v) is 2.13. The number of ether oxygens (including phenoxy) is 2. The topological polar surface area (TPSA) is 64.6 Å². The van der Waals surface area contributed by atoms with Gasteiger partial charge in [-0.1, -0.05) is 17.7 Å². The molecule has 1 rings (SSSR count). The molecule has 1 amide bonds. The molecule has 0 bridgehead atoms. The number of allylic oxidation sites excluding steroid dienone is 1. The van der Waals surface area contributed by atoms with E-state index in [2.05, 4.69) is 10.1 Å². The smallest absolute Gasteiger partial charge is 0.387 e. The lowest BCUT2D eigenvalue weighted by molar-refractivity contribution is -0.142. The highest BCUT2D eigenvalue weighted by molar-refractivity contribution is 5.95. The predicted octanol–water partition coefficient (Wildman–Crippen LogP) is 2.74. The van der Waals surface area contributed by atoms with E-state index in [0.717, 1.165) is 5.57 Å². The lowest BCUT2D eigenvalue weighted by Gasteiger charge is -2.11. The van der Waals surface area contributed by atoms with Gasteiger partial charge in [-0.3, -0.25) is 4.79 Å². The fourth-order valence-electron chi connectivity index (χ4n) is 1.37. The van der Waals surface area contributed by atoms with Crippen molar-refractivity contribution < 1.29 is 27.8 Å². The minimum absolute atomic E-state index is 0.0704. The summed E-state index contributed by atoms with van der Waals surface area (Å²) < 4.78 is 33.4. The zero-order chi connectivity index (χ0) is 15.8. The second kappa shape index (κ2) is 7.98. The van der Waals surface area contributed by atoms with Crippen LogP contribution in [0.25, 0.3) is 0 Å². The van der Waals surface area contributed by atoms with Crippen LogP contribution in [0.15, 0.2) is 35.9 Å². The first-order valence-electron chi connectivity index (χ1n) is 6.04. The summed E-state index contributed by atoms with van der Waals surface area (Å²) in [5.41, 5.74) is 0.803. The number of nitrogens with one attached hydrogen (secondary N) is 1. The highest BCUT2D eigenvalue weighted by Gasteiger charge is 2.12. The first kappa shape index (κ1) is 16.6. The summed E-state index contributed by atoms with van der Waals surface area (Å²) in [6.45, 7) is -0.108. The van der Waals surface area contributed by atoms with Gasteiger partial charge < -0.3 is 14.8 Å². The van der Waals surface area contributed by atoms with Gasteiger partial charge in [-0.15, -0.1) is 0 Å². The molecule has 1 aromatic carbocycles. The van der Waals surface area contributed by atoms with Gasteiger partial charge in [0.1, 0.15) is 5.75 Å². The zero-order valence-corrected chi connectivity index (χ0v) is 11.6. The van der Waals surface area contributed by atoms with Crippen LogP contribution in [0, 0.1) is 0 Å². The number of anilines is 1. The number of benzene rings is 1. The Morgan fingerprint density at radius 2 is 1.95 bits per heavy atom. The maximum absolute atomic E-state index is 12.2. The van der Waals surface area contributed by atoms with Crippen LogP contribution in [0.3, 0.4) is 0 Å². The van der Waals surface area contributed by atoms with Gasteiger partial charge >= 0.3 is 12.6 Å². The number of amides is 1. The number of hydrogen-bond acceptors (Lipinski definition) is 4.